The molecule has 0 unspecified atom stereocenters. The van der Waals surface area contributed by atoms with Crippen LogP contribution in [0.25, 0.3) is 0 Å². The third-order valence-electron chi connectivity index (χ3n) is 1.84. The van der Waals surface area contributed by atoms with E-state index in [1.165, 1.54) is 23.3 Å². The van der Waals surface area contributed by atoms with Crippen LogP contribution < -0.4 is 5.73 Å². The summed E-state index contributed by atoms with van der Waals surface area (Å²) in [7, 11) is 0. The predicted molar refractivity (Wildman–Crippen MR) is 60.8 cm³/mol. The molecule has 0 aliphatic carbocycles. The molecule has 0 spiro atoms. The van der Waals surface area contributed by atoms with Crippen molar-refractivity contribution in [2.45, 2.75) is 25.6 Å². The summed E-state index contributed by atoms with van der Waals surface area (Å²) in [6, 6.07) is 8.53. The van der Waals surface area contributed by atoms with E-state index in [1.807, 2.05) is 11.8 Å². The van der Waals surface area contributed by atoms with E-state index < -0.39 is 0 Å². The number of benzene rings is 1. The molecule has 1 aromatic rings. The van der Waals surface area contributed by atoms with Gasteiger partial charge < -0.3 is 5.73 Å². The van der Waals surface area contributed by atoms with E-state index in [1.54, 1.807) is 0 Å². The highest BCUT2D eigenvalue weighted by Gasteiger charge is 1.94. The Kier molecular flexibility index (Phi) is 4.94. The summed E-state index contributed by atoms with van der Waals surface area (Å²) >= 11 is 1.98. The van der Waals surface area contributed by atoms with Gasteiger partial charge in [-0.1, -0.05) is 31.2 Å². The molecular weight excluding hydrogens is 178 g/mol. The minimum absolute atomic E-state index is 0.645. The van der Waals surface area contributed by atoms with Crippen molar-refractivity contribution in [3.05, 3.63) is 35.4 Å². The highest BCUT2D eigenvalue weighted by atomic mass is 32.2. The molecule has 0 aliphatic heterocycles. The van der Waals surface area contributed by atoms with E-state index in [2.05, 4.69) is 31.2 Å². The van der Waals surface area contributed by atoms with Gasteiger partial charge in [-0.05, 0) is 23.3 Å². The van der Waals surface area contributed by atoms with Crippen molar-refractivity contribution in [3.8, 4) is 0 Å². The molecule has 0 atom stereocenters. The van der Waals surface area contributed by atoms with Gasteiger partial charge in [0, 0.05) is 12.3 Å². The maximum absolute atomic E-state index is 5.57. The van der Waals surface area contributed by atoms with Gasteiger partial charge in [-0.25, -0.2) is 0 Å². The van der Waals surface area contributed by atoms with Gasteiger partial charge in [0.15, 0.2) is 0 Å². The molecule has 2 heteroatoms. The summed E-state index contributed by atoms with van der Waals surface area (Å²) < 4.78 is 0. The second-order valence-electron chi connectivity index (χ2n) is 3.08. The predicted octanol–water partition coefficient (Wildman–Crippen LogP) is 2.79. The molecular formula is C11H17NS. The van der Waals surface area contributed by atoms with Crippen molar-refractivity contribution in [1.29, 1.82) is 0 Å². The number of nitrogens with two attached hydrogens (primary N) is 1. The van der Waals surface area contributed by atoms with Crippen molar-refractivity contribution in [1.82, 2.24) is 0 Å². The van der Waals surface area contributed by atoms with Crippen molar-refractivity contribution >= 4 is 11.8 Å². The second-order valence-corrected chi connectivity index (χ2v) is 4.18. The normalized spacial score (nSPS) is 10.3. The Morgan fingerprint density at radius 3 is 2.77 bits per heavy atom. The minimum atomic E-state index is 0.645. The number of rotatable bonds is 5. The zero-order chi connectivity index (χ0) is 9.52. The average Bonchev–Trinajstić information content (AvgIpc) is 2.19. The zero-order valence-corrected chi connectivity index (χ0v) is 8.94. The second kappa shape index (κ2) is 6.06. The first-order chi connectivity index (χ1) is 6.36. The van der Waals surface area contributed by atoms with E-state index >= 15 is 0 Å². The van der Waals surface area contributed by atoms with Crippen LogP contribution in [0.3, 0.4) is 0 Å². The Morgan fingerprint density at radius 2 is 2.08 bits per heavy atom. The lowest BCUT2D eigenvalue weighted by Gasteiger charge is -2.02. The molecule has 0 aromatic heterocycles. The molecule has 1 rings (SSSR count). The lowest BCUT2D eigenvalue weighted by Crippen LogP contribution is -1.96. The summed E-state index contributed by atoms with van der Waals surface area (Å²) in [4.78, 5) is 0. The quantitative estimate of drug-likeness (QED) is 0.731. The fourth-order valence-corrected chi connectivity index (χ4v) is 2.03. The van der Waals surface area contributed by atoms with Crippen molar-refractivity contribution in [2.75, 3.05) is 5.75 Å². The molecule has 72 valence electrons. The van der Waals surface area contributed by atoms with Crippen LogP contribution in [-0.2, 0) is 12.3 Å². The molecule has 0 heterocycles. The standard InChI is InChI=1S/C11H17NS/c1-2-6-13-9-11-5-3-4-10(7-11)8-12/h3-5,7H,2,6,8-9,12H2,1H3. The summed E-state index contributed by atoms with van der Waals surface area (Å²) in [6.07, 6.45) is 1.25. The molecule has 1 nitrogen and oxygen atoms in total. The average molecular weight is 195 g/mol. The van der Waals surface area contributed by atoms with Crippen LogP contribution in [0.5, 0.6) is 0 Å². The van der Waals surface area contributed by atoms with Crippen molar-refractivity contribution in [3.63, 3.8) is 0 Å². The van der Waals surface area contributed by atoms with Crippen molar-refractivity contribution < 1.29 is 0 Å². The Balaban J connectivity index is 2.46. The first-order valence-electron chi connectivity index (χ1n) is 4.72. The van der Waals surface area contributed by atoms with Gasteiger partial charge in [-0.15, -0.1) is 0 Å². The Morgan fingerprint density at radius 1 is 1.31 bits per heavy atom. The minimum Gasteiger partial charge on any atom is -0.326 e. The zero-order valence-electron chi connectivity index (χ0n) is 8.12. The van der Waals surface area contributed by atoms with Crippen LogP contribution >= 0.6 is 11.8 Å². The molecule has 1 aromatic carbocycles. The molecule has 0 saturated carbocycles. The first kappa shape index (κ1) is 10.6. The van der Waals surface area contributed by atoms with Gasteiger partial charge in [0.05, 0.1) is 0 Å². The smallest absolute Gasteiger partial charge is 0.0184 e. The summed E-state index contributed by atoms with van der Waals surface area (Å²) in [5.74, 6) is 2.36. The van der Waals surface area contributed by atoms with Gasteiger partial charge in [-0.3, -0.25) is 0 Å². The van der Waals surface area contributed by atoms with E-state index in [4.69, 9.17) is 5.73 Å². The van der Waals surface area contributed by atoms with Gasteiger partial charge in [0.2, 0.25) is 0 Å². The largest absolute Gasteiger partial charge is 0.326 e. The van der Waals surface area contributed by atoms with Crippen LogP contribution in [0.15, 0.2) is 24.3 Å². The van der Waals surface area contributed by atoms with Gasteiger partial charge in [0.1, 0.15) is 0 Å². The van der Waals surface area contributed by atoms with Crippen LogP contribution in [0.2, 0.25) is 0 Å². The Labute approximate surface area is 84.7 Å². The third kappa shape index (κ3) is 3.83. The summed E-state index contributed by atoms with van der Waals surface area (Å²) in [5, 5.41) is 0. The summed E-state index contributed by atoms with van der Waals surface area (Å²) in [6.45, 7) is 2.86. The molecule has 0 bridgehead atoms. The SMILES string of the molecule is CCCSCc1cccc(CN)c1. The molecule has 0 saturated heterocycles. The van der Waals surface area contributed by atoms with Crippen LogP contribution in [-0.4, -0.2) is 5.75 Å². The van der Waals surface area contributed by atoms with Gasteiger partial charge in [-0.2, -0.15) is 11.8 Å². The molecule has 13 heavy (non-hydrogen) atoms. The topological polar surface area (TPSA) is 26.0 Å². The van der Waals surface area contributed by atoms with E-state index in [0.717, 1.165) is 5.75 Å². The summed E-state index contributed by atoms with van der Waals surface area (Å²) in [5.41, 5.74) is 8.19. The van der Waals surface area contributed by atoms with Gasteiger partial charge in [0.25, 0.3) is 0 Å². The molecule has 2 N–H and O–H groups in total. The maximum atomic E-state index is 5.57. The van der Waals surface area contributed by atoms with E-state index in [9.17, 15) is 0 Å². The number of thioether (sulfide) groups is 1. The highest BCUT2D eigenvalue weighted by Crippen LogP contribution is 2.14. The Bertz CT molecular complexity index is 248. The highest BCUT2D eigenvalue weighted by molar-refractivity contribution is 7.98. The van der Waals surface area contributed by atoms with Crippen molar-refractivity contribution in [2.24, 2.45) is 5.73 Å². The van der Waals surface area contributed by atoms with Crippen LogP contribution in [0, 0.1) is 0 Å². The first-order valence-corrected chi connectivity index (χ1v) is 5.88. The van der Waals surface area contributed by atoms with Gasteiger partial charge >= 0.3 is 0 Å². The molecule has 0 radical (unpaired) electrons. The number of hydrogen-bond donors (Lipinski definition) is 1. The lowest BCUT2D eigenvalue weighted by atomic mass is 10.1. The fraction of sp³-hybridized carbons (Fsp3) is 0.455. The molecule has 0 amide bonds. The third-order valence-corrected chi connectivity index (χ3v) is 3.08. The molecule has 0 fully saturated rings. The molecule has 0 aliphatic rings. The van der Waals surface area contributed by atoms with E-state index in [0.29, 0.717) is 6.54 Å². The monoisotopic (exact) mass is 195 g/mol. The Hall–Kier alpha value is -0.470. The number of hydrogen-bond acceptors (Lipinski definition) is 2. The van der Waals surface area contributed by atoms with E-state index in [-0.39, 0.29) is 0 Å². The van der Waals surface area contributed by atoms with Crippen LogP contribution in [0.4, 0.5) is 0 Å². The van der Waals surface area contributed by atoms with Crippen LogP contribution in [0.1, 0.15) is 24.5 Å². The lowest BCUT2D eigenvalue weighted by molar-refractivity contribution is 1.06. The fourth-order valence-electron chi connectivity index (χ4n) is 1.18. The maximum Gasteiger partial charge on any atom is 0.0184 e.